The van der Waals surface area contributed by atoms with E-state index in [-0.39, 0.29) is 12.4 Å². The fraction of sp³-hybridized carbons (Fsp3) is 0.933. The van der Waals surface area contributed by atoms with E-state index in [1.165, 1.54) is 57.8 Å². The van der Waals surface area contributed by atoms with Gasteiger partial charge in [-0.2, -0.15) is 0 Å². The van der Waals surface area contributed by atoms with Crippen LogP contribution in [-0.2, 0) is 4.79 Å². The summed E-state index contributed by atoms with van der Waals surface area (Å²) in [5, 5.41) is 11.7. The molecule has 0 aromatic heterocycles. The summed E-state index contributed by atoms with van der Waals surface area (Å²) in [7, 11) is 0. The van der Waals surface area contributed by atoms with Crippen molar-refractivity contribution in [2.45, 2.75) is 84.1 Å². The zero-order valence-electron chi connectivity index (χ0n) is 12.6. The molecule has 116 valence electrons. The van der Waals surface area contributed by atoms with Crippen LogP contribution in [0.1, 0.15) is 78.1 Å². The Morgan fingerprint density at radius 1 is 0.947 bits per heavy atom. The van der Waals surface area contributed by atoms with Crippen molar-refractivity contribution in [2.75, 3.05) is 6.54 Å². The van der Waals surface area contributed by atoms with Gasteiger partial charge in [-0.25, -0.2) is 0 Å². The van der Waals surface area contributed by atoms with Gasteiger partial charge in [0, 0.05) is 0 Å². The number of carboxylic acid groups (broad SMARTS) is 1. The molecule has 3 nitrogen and oxygen atoms in total. The molecule has 0 aliphatic carbocycles. The third-order valence-electron chi connectivity index (χ3n) is 3.35. The van der Waals surface area contributed by atoms with Crippen LogP contribution in [0.2, 0.25) is 0 Å². The van der Waals surface area contributed by atoms with Crippen LogP contribution in [0, 0.1) is 0 Å². The number of rotatable bonds is 13. The van der Waals surface area contributed by atoms with E-state index in [1.54, 1.807) is 6.92 Å². The molecule has 0 aromatic rings. The maximum absolute atomic E-state index is 10.5. The first kappa shape index (κ1) is 21.0. The Balaban J connectivity index is 0. The van der Waals surface area contributed by atoms with Crippen LogP contribution in [-0.4, -0.2) is 23.7 Å². The predicted molar refractivity (Wildman–Crippen MR) is 84.2 cm³/mol. The first-order valence-corrected chi connectivity index (χ1v) is 7.64. The van der Waals surface area contributed by atoms with Crippen molar-refractivity contribution in [1.29, 1.82) is 0 Å². The Kier molecular flexibility index (Phi) is 17.5. The molecule has 0 aromatic carbocycles. The van der Waals surface area contributed by atoms with Crippen molar-refractivity contribution in [2.24, 2.45) is 0 Å². The summed E-state index contributed by atoms with van der Waals surface area (Å²) in [4.78, 5) is 10.5. The van der Waals surface area contributed by atoms with E-state index >= 15 is 0 Å². The topological polar surface area (TPSA) is 49.3 Å². The van der Waals surface area contributed by atoms with Crippen LogP contribution in [0.4, 0.5) is 0 Å². The Morgan fingerprint density at radius 3 is 1.79 bits per heavy atom. The number of halogens is 1. The lowest BCUT2D eigenvalue weighted by molar-refractivity contribution is -0.138. The zero-order chi connectivity index (χ0) is 13.6. The van der Waals surface area contributed by atoms with Crippen LogP contribution < -0.4 is 5.32 Å². The lowest BCUT2D eigenvalue weighted by Gasteiger charge is -2.08. The highest BCUT2D eigenvalue weighted by atomic mass is 35.5. The molecule has 0 rings (SSSR count). The number of unbranched alkanes of at least 4 members (excludes halogenated alkanes) is 9. The fourth-order valence-electron chi connectivity index (χ4n) is 2.02. The van der Waals surface area contributed by atoms with E-state index in [2.05, 4.69) is 12.2 Å². The third-order valence-corrected chi connectivity index (χ3v) is 3.35. The molecule has 0 bridgehead atoms. The number of hydrogen-bond donors (Lipinski definition) is 2. The summed E-state index contributed by atoms with van der Waals surface area (Å²) in [6.07, 6.45) is 13.2. The van der Waals surface area contributed by atoms with Crippen LogP contribution in [0.5, 0.6) is 0 Å². The van der Waals surface area contributed by atoms with Gasteiger partial charge in [0.1, 0.15) is 6.04 Å². The summed E-state index contributed by atoms with van der Waals surface area (Å²) in [6.45, 7) is 4.77. The molecule has 0 fully saturated rings. The summed E-state index contributed by atoms with van der Waals surface area (Å²) in [5.41, 5.74) is 0. The molecule has 0 amide bonds. The van der Waals surface area contributed by atoms with Crippen molar-refractivity contribution in [3.63, 3.8) is 0 Å². The van der Waals surface area contributed by atoms with E-state index < -0.39 is 12.0 Å². The van der Waals surface area contributed by atoms with Gasteiger partial charge in [-0.1, -0.05) is 64.7 Å². The van der Waals surface area contributed by atoms with Crippen molar-refractivity contribution >= 4 is 18.4 Å². The molecule has 0 aliphatic heterocycles. The minimum Gasteiger partial charge on any atom is -0.480 e. The molecule has 1 atom stereocenters. The largest absolute Gasteiger partial charge is 0.480 e. The molecule has 0 spiro atoms. The van der Waals surface area contributed by atoms with E-state index in [9.17, 15) is 4.79 Å². The molecule has 0 heterocycles. The third kappa shape index (κ3) is 15.7. The lowest BCUT2D eigenvalue weighted by Crippen LogP contribution is -2.34. The SMILES string of the molecule is CCCCCCCCCCCCN[C@@H](C)C(=O)O.Cl. The Bertz CT molecular complexity index is 201. The predicted octanol–water partition coefficient (Wildman–Crippen LogP) is 4.39. The molecule has 0 saturated carbocycles. The normalized spacial score (nSPS) is 11.9. The van der Waals surface area contributed by atoms with Gasteiger partial charge in [-0.05, 0) is 19.9 Å². The Morgan fingerprint density at radius 2 is 1.37 bits per heavy atom. The van der Waals surface area contributed by atoms with Gasteiger partial charge in [0.25, 0.3) is 0 Å². The molecule has 19 heavy (non-hydrogen) atoms. The maximum Gasteiger partial charge on any atom is 0.320 e. The Hall–Kier alpha value is -0.280. The molecule has 2 N–H and O–H groups in total. The highest BCUT2D eigenvalue weighted by Gasteiger charge is 2.07. The van der Waals surface area contributed by atoms with Crippen LogP contribution in [0.3, 0.4) is 0 Å². The standard InChI is InChI=1S/C15H31NO2.ClH/c1-3-4-5-6-7-8-9-10-11-12-13-16-14(2)15(17)18;/h14,16H,3-13H2,1-2H3,(H,17,18);1H/t14-;/m0./s1. The minimum absolute atomic E-state index is 0. The van der Waals surface area contributed by atoms with Crippen LogP contribution in [0.25, 0.3) is 0 Å². The van der Waals surface area contributed by atoms with Crippen molar-refractivity contribution < 1.29 is 9.90 Å². The van der Waals surface area contributed by atoms with Gasteiger partial charge in [-0.3, -0.25) is 4.79 Å². The summed E-state index contributed by atoms with van der Waals surface area (Å²) in [5.74, 6) is -0.762. The minimum atomic E-state index is -0.762. The number of nitrogens with one attached hydrogen (secondary N) is 1. The van der Waals surface area contributed by atoms with E-state index in [0.717, 1.165) is 13.0 Å². The zero-order valence-corrected chi connectivity index (χ0v) is 13.4. The average Bonchev–Trinajstić information content (AvgIpc) is 2.35. The van der Waals surface area contributed by atoms with Crippen LogP contribution in [0.15, 0.2) is 0 Å². The average molecular weight is 294 g/mol. The number of hydrogen-bond acceptors (Lipinski definition) is 2. The molecule has 0 unspecified atom stereocenters. The molecule has 0 radical (unpaired) electrons. The van der Waals surface area contributed by atoms with Gasteiger partial charge in [-0.15, -0.1) is 12.4 Å². The second kappa shape index (κ2) is 15.8. The van der Waals surface area contributed by atoms with Gasteiger partial charge < -0.3 is 10.4 Å². The molecular formula is C15H32ClNO2. The van der Waals surface area contributed by atoms with Crippen molar-refractivity contribution in [3.05, 3.63) is 0 Å². The highest BCUT2D eigenvalue weighted by molar-refractivity contribution is 5.85. The van der Waals surface area contributed by atoms with Crippen LogP contribution >= 0.6 is 12.4 Å². The first-order chi connectivity index (χ1) is 8.68. The first-order valence-electron chi connectivity index (χ1n) is 7.64. The second-order valence-corrected chi connectivity index (χ2v) is 5.20. The number of carbonyl (C=O) groups is 1. The molecular weight excluding hydrogens is 262 g/mol. The molecule has 0 saturated heterocycles. The maximum atomic E-state index is 10.5. The smallest absolute Gasteiger partial charge is 0.320 e. The number of aliphatic carboxylic acids is 1. The highest BCUT2D eigenvalue weighted by Crippen LogP contribution is 2.10. The van der Waals surface area contributed by atoms with Gasteiger partial charge in [0.2, 0.25) is 0 Å². The summed E-state index contributed by atoms with van der Waals surface area (Å²) >= 11 is 0. The Labute approximate surface area is 125 Å². The fourth-order valence-corrected chi connectivity index (χ4v) is 2.02. The van der Waals surface area contributed by atoms with E-state index in [0.29, 0.717) is 0 Å². The van der Waals surface area contributed by atoms with Gasteiger partial charge in [0.15, 0.2) is 0 Å². The summed E-state index contributed by atoms with van der Waals surface area (Å²) < 4.78 is 0. The van der Waals surface area contributed by atoms with Crippen molar-refractivity contribution in [1.82, 2.24) is 5.32 Å². The van der Waals surface area contributed by atoms with E-state index in [1.807, 2.05) is 0 Å². The van der Waals surface area contributed by atoms with Crippen molar-refractivity contribution in [3.8, 4) is 0 Å². The lowest BCUT2D eigenvalue weighted by atomic mass is 10.1. The van der Waals surface area contributed by atoms with Gasteiger partial charge >= 0.3 is 5.97 Å². The van der Waals surface area contributed by atoms with E-state index in [4.69, 9.17) is 5.11 Å². The number of carboxylic acids is 1. The quantitative estimate of drug-likeness (QED) is 0.495. The molecule has 0 aliphatic rings. The summed E-state index contributed by atoms with van der Waals surface area (Å²) in [6, 6.07) is -0.413. The molecule has 4 heteroatoms. The monoisotopic (exact) mass is 293 g/mol. The second-order valence-electron chi connectivity index (χ2n) is 5.20. The van der Waals surface area contributed by atoms with Gasteiger partial charge in [0.05, 0.1) is 0 Å².